The molecule has 3 aromatic carbocycles. The maximum Gasteiger partial charge on any atom is 0.269 e. The molecular formula is C27H24N2O7S. The third-order valence-electron chi connectivity index (χ3n) is 5.53. The second-order valence-corrected chi connectivity index (χ2v) is 9.86. The number of nitrogens with zero attached hydrogens (tertiary/aromatic N) is 2. The third kappa shape index (κ3) is 6.69. The largest absolute Gasteiger partial charge is 0.491 e. The van der Waals surface area contributed by atoms with Crippen molar-refractivity contribution in [2.24, 2.45) is 0 Å². The molecular weight excluding hydrogens is 496 g/mol. The molecule has 4 rings (SSSR count). The number of nitro benzene ring substituents is 1. The Balaban J connectivity index is 1.44. The number of para-hydroxylation sites is 1. The highest BCUT2D eigenvalue weighted by molar-refractivity contribution is 7.85. The maximum atomic E-state index is 13.3. The van der Waals surface area contributed by atoms with Crippen LogP contribution < -0.4 is 9.64 Å². The molecule has 0 bridgehead atoms. The molecule has 0 atom stereocenters. The summed E-state index contributed by atoms with van der Waals surface area (Å²) in [5.41, 5.74) is 3.88. The molecule has 0 aliphatic carbocycles. The minimum atomic E-state index is -3.51. The van der Waals surface area contributed by atoms with Gasteiger partial charge < -0.3 is 9.64 Å². The second-order valence-electron chi connectivity index (χ2n) is 8.22. The number of hydrogen-bond acceptors (Lipinski definition) is 7. The number of anilines is 1. The van der Waals surface area contributed by atoms with E-state index in [4.69, 9.17) is 4.74 Å². The zero-order valence-corrected chi connectivity index (χ0v) is 20.8. The number of hydrogen-bond donors (Lipinski definition) is 0. The standard InChI is InChI=1S/C27H24N2O7S/c1-37(33,34)36-18-17-35-23-15-11-21(12-16-23)19-28-26-8-3-2-6-24(26)25(27(28)30)7-4-5-20-9-13-22(14-10-20)29(31)32/h2-16H,17-19H2,1H3/b5-4+,25-7-. The van der Waals surface area contributed by atoms with Crippen LogP contribution in [0.1, 0.15) is 16.7 Å². The highest BCUT2D eigenvalue weighted by Gasteiger charge is 2.31. The van der Waals surface area contributed by atoms with Gasteiger partial charge in [0, 0.05) is 23.3 Å². The number of non-ortho nitro benzene ring substituents is 1. The Kier molecular flexibility index (Phi) is 7.80. The normalized spacial score (nSPS) is 14.4. The Morgan fingerprint density at radius 1 is 0.973 bits per heavy atom. The van der Waals surface area contributed by atoms with Crippen LogP contribution >= 0.6 is 0 Å². The fourth-order valence-electron chi connectivity index (χ4n) is 3.81. The lowest BCUT2D eigenvalue weighted by Gasteiger charge is -2.17. The van der Waals surface area contributed by atoms with E-state index in [9.17, 15) is 23.3 Å². The van der Waals surface area contributed by atoms with E-state index >= 15 is 0 Å². The van der Waals surface area contributed by atoms with Gasteiger partial charge in [-0.05, 0) is 47.5 Å². The number of fused-ring (bicyclic) bond motifs is 1. The summed E-state index contributed by atoms with van der Waals surface area (Å²) in [5, 5.41) is 10.8. The van der Waals surface area contributed by atoms with E-state index in [1.807, 2.05) is 36.4 Å². The zero-order chi connectivity index (χ0) is 26.4. The van der Waals surface area contributed by atoms with Gasteiger partial charge in [0.1, 0.15) is 19.0 Å². The lowest BCUT2D eigenvalue weighted by Crippen LogP contribution is -2.25. The lowest BCUT2D eigenvalue weighted by atomic mass is 10.1. The topological polar surface area (TPSA) is 116 Å². The molecule has 0 saturated carbocycles. The number of rotatable bonds is 10. The predicted octanol–water partition coefficient (Wildman–Crippen LogP) is 4.59. The smallest absolute Gasteiger partial charge is 0.269 e. The van der Waals surface area contributed by atoms with Gasteiger partial charge in [0.05, 0.1) is 23.4 Å². The molecule has 3 aromatic rings. The van der Waals surface area contributed by atoms with Crippen molar-refractivity contribution in [2.75, 3.05) is 24.4 Å². The summed E-state index contributed by atoms with van der Waals surface area (Å²) in [6, 6.07) is 20.9. The van der Waals surface area contributed by atoms with Gasteiger partial charge in [-0.3, -0.25) is 19.1 Å². The summed E-state index contributed by atoms with van der Waals surface area (Å²) in [6.45, 7) is 0.371. The van der Waals surface area contributed by atoms with Crippen LogP contribution in [0.15, 0.2) is 84.9 Å². The van der Waals surface area contributed by atoms with Crippen LogP contribution in [-0.4, -0.2) is 38.7 Å². The van der Waals surface area contributed by atoms with Crippen molar-refractivity contribution < 1.29 is 27.1 Å². The van der Waals surface area contributed by atoms with Gasteiger partial charge in [-0.25, -0.2) is 0 Å². The Morgan fingerprint density at radius 2 is 1.68 bits per heavy atom. The van der Waals surface area contributed by atoms with Gasteiger partial charge in [0.15, 0.2) is 0 Å². The molecule has 1 aliphatic rings. The van der Waals surface area contributed by atoms with Crippen LogP contribution in [0.3, 0.4) is 0 Å². The Hall–Kier alpha value is -4.28. The molecule has 0 fully saturated rings. The van der Waals surface area contributed by atoms with E-state index in [1.54, 1.807) is 47.4 Å². The van der Waals surface area contributed by atoms with Crippen LogP contribution in [0.2, 0.25) is 0 Å². The minimum Gasteiger partial charge on any atom is -0.491 e. The van der Waals surface area contributed by atoms with Crippen LogP contribution in [0.25, 0.3) is 11.6 Å². The number of carbonyl (C=O) groups excluding carboxylic acids is 1. The van der Waals surface area contributed by atoms with Gasteiger partial charge >= 0.3 is 0 Å². The molecule has 0 unspecified atom stereocenters. The first-order chi connectivity index (χ1) is 17.7. The molecule has 190 valence electrons. The van der Waals surface area contributed by atoms with Crippen molar-refractivity contribution in [3.63, 3.8) is 0 Å². The van der Waals surface area contributed by atoms with Crippen molar-refractivity contribution in [2.45, 2.75) is 6.54 Å². The van der Waals surface area contributed by atoms with E-state index < -0.39 is 15.0 Å². The first-order valence-electron chi connectivity index (χ1n) is 11.3. The predicted molar refractivity (Wildman–Crippen MR) is 140 cm³/mol. The average Bonchev–Trinajstić information content (AvgIpc) is 3.13. The van der Waals surface area contributed by atoms with Crippen LogP contribution in [0, 0.1) is 10.1 Å². The minimum absolute atomic E-state index is 0.0200. The molecule has 1 aliphatic heterocycles. The van der Waals surface area contributed by atoms with Gasteiger partial charge in [0.25, 0.3) is 21.7 Å². The molecule has 10 heteroatoms. The zero-order valence-electron chi connectivity index (χ0n) is 19.9. The fourth-order valence-corrected chi connectivity index (χ4v) is 4.18. The molecule has 0 spiro atoms. The summed E-state index contributed by atoms with van der Waals surface area (Å²) >= 11 is 0. The second kappa shape index (κ2) is 11.2. The van der Waals surface area contributed by atoms with Crippen molar-refractivity contribution in [1.29, 1.82) is 0 Å². The fraction of sp³-hybridized carbons (Fsp3) is 0.148. The molecule has 1 heterocycles. The third-order valence-corrected chi connectivity index (χ3v) is 6.12. The molecule has 0 radical (unpaired) electrons. The first-order valence-corrected chi connectivity index (χ1v) is 13.1. The Bertz CT molecular complexity index is 1460. The van der Waals surface area contributed by atoms with Crippen LogP contribution in [0.4, 0.5) is 11.4 Å². The first kappa shape index (κ1) is 25.8. The van der Waals surface area contributed by atoms with E-state index in [2.05, 4.69) is 4.18 Å². The summed E-state index contributed by atoms with van der Waals surface area (Å²) in [6.07, 6.45) is 6.27. The van der Waals surface area contributed by atoms with Gasteiger partial charge in [-0.1, -0.05) is 42.5 Å². The average molecular weight is 521 g/mol. The van der Waals surface area contributed by atoms with Crippen molar-refractivity contribution >= 4 is 39.0 Å². The number of benzene rings is 3. The number of amides is 1. The molecule has 0 N–H and O–H groups in total. The molecule has 37 heavy (non-hydrogen) atoms. The summed E-state index contributed by atoms with van der Waals surface area (Å²) < 4.78 is 32.2. The van der Waals surface area contributed by atoms with Crippen molar-refractivity contribution in [1.82, 2.24) is 0 Å². The summed E-state index contributed by atoms with van der Waals surface area (Å²) in [7, 11) is -3.51. The molecule has 0 saturated heterocycles. The van der Waals surface area contributed by atoms with Crippen LogP contribution in [0.5, 0.6) is 5.75 Å². The number of allylic oxidation sites excluding steroid dienone is 2. The number of carbonyl (C=O) groups is 1. The quantitative estimate of drug-likeness (QED) is 0.126. The molecule has 1 amide bonds. The van der Waals surface area contributed by atoms with E-state index in [0.29, 0.717) is 17.9 Å². The maximum absolute atomic E-state index is 13.3. The van der Waals surface area contributed by atoms with Gasteiger partial charge in [-0.15, -0.1) is 0 Å². The van der Waals surface area contributed by atoms with Gasteiger partial charge in [-0.2, -0.15) is 8.42 Å². The molecule has 9 nitrogen and oxygen atoms in total. The molecule has 0 aromatic heterocycles. The van der Waals surface area contributed by atoms with E-state index in [-0.39, 0.29) is 24.8 Å². The Labute approximate surface area is 214 Å². The van der Waals surface area contributed by atoms with E-state index in [0.717, 1.165) is 28.6 Å². The van der Waals surface area contributed by atoms with E-state index in [1.165, 1.54) is 12.1 Å². The van der Waals surface area contributed by atoms with Crippen molar-refractivity contribution in [3.8, 4) is 5.75 Å². The SMILES string of the molecule is CS(=O)(=O)OCCOc1ccc(CN2C(=O)/C(=C\C=C\c3ccc([N+](=O)[O-])cc3)c3ccccc32)cc1. The highest BCUT2D eigenvalue weighted by atomic mass is 32.2. The summed E-state index contributed by atoms with van der Waals surface area (Å²) in [4.78, 5) is 25.4. The highest BCUT2D eigenvalue weighted by Crippen LogP contribution is 2.37. The Morgan fingerprint density at radius 3 is 2.35 bits per heavy atom. The number of ether oxygens (including phenoxy) is 1. The van der Waals surface area contributed by atoms with Gasteiger partial charge in [0.2, 0.25) is 0 Å². The summed E-state index contributed by atoms with van der Waals surface area (Å²) in [5.74, 6) is 0.429. The van der Waals surface area contributed by atoms with Crippen LogP contribution in [-0.2, 0) is 25.6 Å². The van der Waals surface area contributed by atoms with Crippen molar-refractivity contribution in [3.05, 3.63) is 112 Å². The monoisotopic (exact) mass is 520 g/mol. The number of nitro groups is 1. The lowest BCUT2D eigenvalue weighted by molar-refractivity contribution is -0.384.